The van der Waals surface area contributed by atoms with Crippen LogP contribution in [0.5, 0.6) is 0 Å². The Kier molecular flexibility index (Phi) is 255. The zero-order valence-electron chi connectivity index (χ0n) is 12.0. The quantitative estimate of drug-likeness (QED) is 0.395. The molecule has 0 heteroatoms. The van der Waals surface area contributed by atoms with Crippen LogP contribution in [-0.4, -0.2) is 0 Å². The molecule has 0 amide bonds. The van der Waals surface area contributed by atoms with E-state index in [-0.39, 0.29) is 7.43 Å². The highest BCUT2D eigenvalue weighted by atomic mass is 13.7. The summed E-state index contributed by atoms with van der Waals surface area (Å²) in [5.74, 6) is 0.833. The molecule has 0 aliphatic heterocycles. The van der Waals surface area contributed by atoms with Crippen molar-refractivity contribution in [1.82, 2.24) is 0 Å². The largest absolute Gasteiger partial charge is 0.106 e. The predicted octanol–water partition coefficient (Wildman–Crippen LogP) is 6.74. The Morgan fingerprint density at radius 3 is 1.00 bits per heavy atom. The Bertz CT molecular complexity index is 41.2. The first-order chi connectivity index (χ1) is 6.56. The molecule has 0 aromatic rings. The third-order valence-corrected chi connectivity index (χ3v) is 0. The summed E-state index contributed by atoms with van der Waals surface area (Å²) in [6, 6.07) is 0. The van der Waals surface area contributed by atoms with Crippen LogP contribution in [0.15, 0.2) is 25.8 Å². The van der Waals surface area contributed by atoms with Crippen molar-refractivity contribution >= 4 is 0 Å². The molecule has 0 spiro atoms. The van der Waals surface area contributed by atoms with Crippen molar-refractivity contribution in [3.8, 4) is 0 Å². The molecule has 0 unspecified atom stereocenters. The van der Waals surface area contributed by atoms with Crippen LogP contribution >= 0.6 is 0 Å². The fourth-order valence-electron chi connectivity index (χ4n) is 0. The second-order valence-electron chi connectivity index (χ2n) is 2.85. The first-order valence-corrected chi connectivity index (χ1v) is 5.63. The van der Waals surface area contributed by atoms with E-state index in [0.717, 1.165) is 5.92 Å². The molecule has 98 valence electrons. The van der Waals surface area contributed by atoms with Crippen molar-refractivity contribution in [1.29, 1.82) is 0 Å². The van der Waals surface area contributed by atoms with E-state index in [1.54, 1.807) is 6.08 Å². The van der Waals surface area contributed by atoms with Crippen molar-refractivity contribution in [2.45, 2.75) is 69.2 Å². The van der Waals surface area contributed by atoms with Crippen LogP contribution in [-0.2, 0) is 0 Å². The van der Waals surface area contributed by atoms with Crippen LogP contribution < -0.4 is 0 Å². The molecule has 0 saturated heterocycles. The summed E-state index contributed by atoms with van der Waals surface area (Å²) < 4.78 is 0. The summed E-state index contributed by atoms with van der Waals surface area (Å²) in [6.07, 6.45) is 3.00. The summed E-state index contributed by atoms with van der Waals surface area (Å²) in [5.41, 5.74) is 0. The van der Waals surface area contributed by atoms with Gasteiger partial charge in [-0.2, -0.15) is 0 Å². The van der Waals surface area contributed by atoms with Gasteiger partial charge in [0.1, 0.15) is 0 Å². The van der Waals surface area contributed by atoms with Gasteiger partial charge >= 0.3 is 0 Å². The molecule has 0 N–H and O–H groups in total. The molecular weight excluding hydrogens is 180 g/mol. The lowest BCUT2D eigenvalue weighted by atomic mass is 10.3. The lowest BCUT2D eigenvalue weighted by Gasteiger charge is -1.79. The molecule has 15 heavy (non-hydrogen) atoms. The van der Waals surface area contributed by atoms with Gasteiger partial charge in [-0.3, -0.25) is 0 Å². The van der Waals surface area contributed by atoms with E-state index in [0.29, 0.717) is 0 Å². The second-order valence-corrected chi connectivity index (χ2v) is 2.85. The van der Waals surface area contributed by atoms with Crippen molar-refractivity contribution < 1.29 is 0 Å². The van der Waals surface area contributed by atoms with E-state index in [4.69, 9.17) is 0 Å². The first-order valence-electron chi connectivity index (χ1n) is 5.63. The van der Waals surface area contributed by atoms with Crippen LogP contribution in [0, 0.1) is 5.92 Å². The SMILES string of the molecule is C.C=C.C=CC.CC.CC(C)C.CCC. The molecule has 0 radical (unpaired) electrons. The smallest absolute Gasteiger partial charge is 0.0473 e. The van der Waals surface area contributed by atoms with E-state index in [1.807, 2.05) is 20.8 Å². The van der Waals surface area contributed by atoms with E-state index in [9.17, 15) is 0 Å². The molecule has 0 fully saturated rings. The maximum atomic E-state index is 3.36. The van der Waals surface area contributed by atoms with E-state index in [2.05, 4.69) is 54.4 Å². The molecule has 0 bridgehead atoms. The minimum atomic E-state index is 0. The Balaban J connectivity index is -0.0000000171. The molecule has 0 heterocycles. The predicted molar refractivity (Wildman–Crippen MR) is 81.7 cm³/mol. The maximum Gasteiger partial charge on any atom is -0.0473 e. The highest BCUT2D eigenvalue weighted by molar-refractivity contribution is 4.51. The van der Waals surface area contributed by atoms with Gasteiger partial charge in [-0.15, -0.1) is 19.7 Å². The molecule has 0 aromatic carbocycles. The second kappa shape index (κ2) is 105. The minimum absolute atomic E-state index is 0. The lowest BCUT2D eigenvalue weighted by molar-refractivity contribution is 0.737. The molecular formula is C15H38. The highest BCUT2D eigenvalue weighted by Crippen LogP contribution is 1.81. The average molecular weight is 218 g/mol. The summed E-state index contributed by atoms with van der Waals surface area (Å²) in [5, 5.41) is 0. The van der Waals surface area contributed by atoms with Crippen molar-refractivity contribution in [2.24, 2.45) is 5.92 Å². The van der Waals surface area contributed by atoms with Gasteiger partial charge in [0.05, 0.1) is 0 Å². The first kappa shape index (κ1) is 36.6. The molecule has 0 rings (SSSR count). The van der Waals surface area contributed by atoms with Crippen LogP contribution in [0.4, 0.5) is 0 Å². The van der Waals surface area contributed by atoms with E-state index < -0.39 is 0 Å². The Labute approximate surface area is 101 Å². The van der Waals surface area contributed by atoms with Crippen LogP contribution in [0.25, 0.3) is 0 Å². The van der Waals surface area contributed by atoms with E-state index in [1.165, 1.54) is 6.42 Å². The lowest BCUT2D eigenvalue weighted by Crippen LogP contribution is -1.66. The monoisotopic (exact) mass is 218 g/mol. The van der Waals surface area contributed by atoms with Gasteiger partial charge in [-0.1, -0.05) is 68.4 Å². The molecule has 0 aliphatic rings. The number of hydrogen-bond acceptors (Lipinski definition) is 0. The maximum absolute atomic E-state index is 3.36. The Hall–Kier alpha value is -0.520. The molecule has 0 aliphatic carbocycles. The Morgan fingerprint density at radius 2 is 1.00 bits per heavy atom. The summed E-state index contributed by atoms with van der Waals surface area (Å²) >= 11 is 0. The highest BCUT2D eigenvalue weighted by Gasteiger charge is 1.68. The minimum Gasteiger partial charge on any atom is -0.106 e. The van der Waals surface area contributed by atoms with Crippen LogP contribution in [0.3, 0.4) is 0 Å². The number of rotatable bonds is 0. The van der Waals surface area contributed by atoms with Gasteiger partial charge in [-0.25, -0.2) is 0 Å². The molecule has 0 atom stereocenters. The molecule has 0 aromatic heterocycles. The zero-order valence-corrected chi connectivity index (χ0v) is 12.0. The Morgan fingerprint density at radius 1 is 1.00 bits per heavy atom. The zero-order chi connectivity index (χ0) is 13.0. The summed E-state index contributed by atoms with van der Waals surface area (Å²) in [4.78, 5) is 0. The fraction of sp³-hybridized carbons (Fsp3) is 0.733. The number of allylic oxidation sites excluding steroid dienone is 1. The van der Waals surface area contributed by atoms with Gasteiger partial charge in [0.15, 0.2) is 0 Å². The topological polar surface area (TPSA) is 0 Å². The van der Waals surface area contributed by atoms with Crippen LogP contribution in [0.2, 0.25) is 0 Å². The van der Waals surface area contributed by atoms with Crippen LogP contribution in [0.1, 0.15) is 69.2 Å². The van der Waals surface area contributed by atoms with Crippen molar-refractivity contribution in [2.75, 3.05) is 0 Å². The average Bonchev–Trinajstić information content (AvgIpc) is 2.12. The van der Waals surface area contributed by atoms with Gasteiger partial charge < -0.3 is 0 Å². The fourth-order valence-corrected chi connectivity index (χ4v) is 0. The number of hydrogen-bond donors (Lipinski definition) is 0. The van der Waals surface area contributed by atoms with Gasteiger partial charge in [0, 0.05) is 0 Å². The van der Waals surface area contributed by atoms with Gasteiger partial charge in [-0.05, 0) is 12.8 Å². The molecule has 0 nitrogen and oxygen atoms in total. The summed E-state index contributed by atoms with van der Waals surface area (Å²) in [7, 11) is 0. The molecule has 0 saturated carbocycles. The third kappa shape index (κ3) is 6570. The van der Waals surface area contributed by atoms with Gasteiger partial charge in [0.2, 0.25) is 0 Å². The van der Waals surface area contributed by atoms with E-state index >= 15 is 0 Å². The normalized spacial score (nSPS) is 5.13. The van der Waals surface area contributed by atoms with Crippen molar-refractivity contribution in [3.63, 3.8) is 0 Å². The van der Waals surface area contributed by atoms with Gasteiger partial charge in [0.25, 0.3) is 0 Å². The summed E-state index contributed by atoms with van der Waals surface area (Å²) in [6.45, 7) is 26.0. The van der Waals surface area contributed by atoms with Crippen molar-refractivity contribution in [3.05, 3.63) is 25.8 Å². The standard InChI is InChI=1S/C4H10.C3H8.C3H6.C2H6.C2H4.CH4/c1-4(2)3;2*1-3-2;2*1-2;/h4H,1-3H3;3H2,1-2H3;3H,1H2,2H3;1-2H3;1-2H2;1H4. The third-order valence-electron chi connectivity index (χ3n) is 0.